The number of ether oxygens (including phenoxy) is 1. The Balaban J connectivity index is 0.000000284. The Morgan fingerprint density at radius 1 is 0.875 bits per heavy atom. The largest absolute Gasteiger partial charge is 0.168 e. The number of hydrogen-bond acceptors (Lipinski definition) is 2. The molecule has 0 N–H and O–H groups in total. The molecule has 4 aromatic rings. The second-order valence-electron chi connectivity index (χ2n) is 7.82. The molecule has 7 heteroatoms. The monoisotopic (exact) mass is 580 g/mol. The fourth-order valence-corrected chi connectivity index (χ4v) is 3.51. The van der Waals surface area contributed by atoms with E-state index in [9.17, 15) is 0 Å². The quantitative estimate of drug-likeness (QED) is 0.133. The van der Waals surface area contributed by atoms with Crippen LogP contribution in [0.25, 0.3) is 21.5 Å². The second-order valence-corrected chi connectivity index (χ2v) is 17.1. The fraction of sp³-hybridized carbons (Fsp3) is 0.280. The van der Waals surface area contributed by atoms with Crippen LogP contribution >= 0.6 is 17.0 Å². The van der Waals surface area contributed by atoms with Crippen molar-refractivity contribution in [2.75, 3.05) is 13.2 Å². The SMILES string of the molecule is C[Si](C)(C)OCCOc1c[cH-]c2ccccc12.C[Si]C.[Cl][Zr+2][Cl].c1ccc2[cH-]ccc2c1. The number of fused-ring (bicyclic) bond motifs is 2. The molecule has 4 rings (SSSR count). The van der Waals surface area contributed by atoms with E-state index in [0.29, 0.717) is 13.2 Å². The fourth-order valence-electron chi connectivity index (χ4n) is 2.82. The van der Waals surface area contributed by atoms with E-state index in [4.69, 9.17) is 26.2 Å². The third kappa shape index (κ3) is 12.0. The van der Waals surface area contributed by atoms with Gasteiger partial charge >= 0.3 is 37.9 Å². The average molecular weight is 583 g/mol. The number of hydrogen-bond donors (Lipinski definition) is 0. The summed E-state index contributed by atoms with van der Waals surface area (Å²) in [5, 5.41) is 5.07. The van der Waals surface area contributed by atoms with Crippen LogP contribution in [0.3, 0.4) is 0 Å². The second kappa shape index (κ2) is 16.9. The van der Waals surface area contributed by atoms with Crippen molar-refractivity contribution in [3.05, 3.63) is 78.9 Å². The summed E-state index contributed by atoms with van der Waals surface area (Å²) in [6, 6.07) is 27.0. The molecule has 0 aliphatic carbocycles. The topological polar surface area (TPSA) is 18.5 Å². The normalized spacial score (nSPS) is 10.1. The van der Waals surface area contributed by atoms with E-state index in [2.05, 4.69) is 93.4 Å². The molecule has 2 nitrogen and oxygen atoms in total. The Morgan fingerprint density at radius 3 is 2.09 bits per heavy atom. The maximum absolute atomic E-state index is 5.75. The van der Waals surface area contributed by atoms with Gasteiger partial charge < -0.3 is 9.16 Å². The van der Waals surface area contributed by atoms with Crippen molar-refractivity contribution in [1.29, 1.82) is 0 Å². The van der Waals surface area contributed by atoms with E-state index in [1.165, 1.54) is 21.5 Å². The Morgan fingerprint density at radius 2 is 1.47 bits per heavy atom. The predicted octanol–water partition coefficient (Wildman–Crippen LogP) is 8.51. The number of rotatable bonds is 5. The summed E-state index contributed by atoms with van der Waals surface area (Å²) in [6.45, 7) is 12.2. The molecule has 0 bridgehead atoms. The van der Waals surface area contributed by atoms with E-state index < -0.39 is 29.2 Å². The van der Waals surface area contributed by atoms with Gasteiger partial charge in [-0.3, -0.25) is 0 Å². The van der Waals surface area contributed by atoms with Gasteiger partial charge in [0.2, 0.25) is 0 Å². The first kappa shape index (κ1) is 29.3. The molecule has 4 aromatic carbocycles. The van der Waals surface area contributed by atoms with E-state index in [0.717, 1.165) is 15.3 Å². The molecule has 0 saturated carbocycles. The van der Waals surface area contributed by atoms with Gasteiger partial charge in [0.1, 0.15) is 0 Å². The molecule has 0 unspecified atom stereocenters. The summed E-state index contributed by atoms with van der Waals surface area (Å²) in [7, 11) is 9.54. The van der Waals surface area contributed by atoms with Crippen LogP contribution in [-0.4, -0.2) is 31.1 Å². The minimum absolute atomic E-state index is 0.623. The van der Waals surface area contributed by atoms with Gasteiger partial charge in [-0.05, 0) is 19.6 Å². The maximum Gasteiger partial charge on any atom is -0.0809 e. The van der Waals surface area contributed by atoms with Crippen LogP contribution in [0.1, 0.15) is 0 Å². The van der Waals surface area contributed by atoms with Crippen molar-refractivity contribution in [2.24, 2.45) is 0 Å². The molecule has 0 fully saturated rings. The van der Waals surface area contributed by atoms with Crippen molar-refractivity contribution in [3.8, 4) is 5.75 Å². The molecule has 0 amide bonds. The first-order valence-corrected chi connectivity index (χ1v) is 22.2. The molecule has 0 aromatic heterocycles. The zero-order valence-electron chi connectivity index (χ0n) is 19.5. The van der Waals surface area contributed by atoms with E-state index in [-0.39, 0.29) is 0 Å². The predicted molar refractivity (Wildman–Crippen MR) is 143 cm³/mol. The van der Waals surface area contributed by atoms with Crippen LogP contribution in [0.15, 0.2) is 78.9 Å². The van der Waals surface area contributed by atoms with E-state index in [1.807, 2.05) is 18.2 Å². The van der Waals surface area contributed by atoms with Crippen molar-refractivity contribution in [2.45, 2.75) is 32.7 Å². The molecule has 2 radical (unpaired) electrons. The van der Waals surface area contributed by atoms with Crippen molar-refractivity contribution < 1.29 is 30.0 Å². The van der Waals surface area contributed by atoms with Crippen molar-refractivity contribution in [3.63, 3.8) is 0 Å². The summed E-state index contributed by atoms with van der Waals surface area (Å²) in [5.41, 5.74) is 0. The first-order valence-electron chi connectivity index (χ1n) is 10.4. The third-order valence-corrected chi connectivity index (χ3v) is 5.13. The molecular formula is C25H32Cl2O2Si2Zr. The van der Waals surface area contributed by atoms with Gasteiger partial charge in [-0.15, -0.1) is 65.4 Å². The molecule has 0 heterocycles. The third-order valence-electron chi connectivity index (χ3n) is 4.06. The Kier molecular flexibility index (Phi) is 15.5. The maximum atomic E-state index is 5.75. The molecule has 32 heavy (non-hydrogen) atoms. The minimum atomic E-state index is -1.41. The summed E-state index contributed by atoms with van der Waals surface area (Å²) < 4.78 is 11.5. The summed E-state index contributed by atoms with van der Waals surface area (Å²) >= 11 is -0.826. The Bertz CT molecular complexity index is 964. The van der Waals surface area contributed by atoms with Gasteiger partial charge in [-0.2, -0.15) is 17.5 Å². The molecule has 0 atom stereocenters. The average Bonchev–Trinajstić information content (AvgIpc) is 3.39. The van der Waals surface area contributed by atoms with Crippen LogP contribution in [0, 0.1) is 0 Å². The smallest absolute Gasteiger partial charge is 0.0809 e. The standard InChI is InChI=1S/C14H19O2Si.C9H7.C2H6Si.2ClH.Zr/c1-17(2,3)16-11-10-15-14-9-8-12-6-4-5-7-13(12)14;1-2-5-9-7-3-6-8(9)4-1;1-3-2;;;/h4-9H,10-11H2,1-3H3;1-7H;1-2H3;2*1H;/q2*-1;;;;+4/p-2. The molecule has 0 aliphatic rings. The number of halogens is 2. The zero-order chi connectivity index (χ0) is 23.8. The minimum Gasteiger partial charge on any atom is -0.168 e. The van der Waals surface area contributed by atoms with E-state index in [1.54, 1.807) is 0 Å². The van der Waals surface area contributed by atoms with Crippen LogP contribution in [0.2, 0.25) is 32.7 Å². The van der Waals surface area contributed by atoms with Gasteiger partial charge in [0.25, 0.3) is 0 Å². The van der Waals surface area contributed by atoms with Crippen LogP contribution in [0.4, 0.5) is 0 Å². The summed E-state index contributed by atoms with van der Waals surface area (Å²) in [4.78, 5) is 0. The Labute approximate surface area is 215 Å². The molecular weight excluding hydrogens is 551 g/mol. The van der Waals surface area contributed by atoms with Gasteiger partial charge in [-0.1, -0.05) is 30.6 Å². The van der Waals surface area contributed by atoms with Gasteiger partial charge in [0, 0.05) is 15.3 Å². The zero-order valence-corrected chi connectivity index (χ0v) is 25.5. The van der Waals surface area contributed by atoms with Crippen molar-refractivity contribution in [1.82, 2.24) is 0 Å². The van der Waals surface area contributed by atoms with E-state index >= 15 is 0 Å². The Hall–Kier alpha value is -0.683. The summed E-state index contributed by atoms with van der Waals surface area (Å²) in [6.07, 6.45) is 0. The van der Waals surface area contributed by atoms with Gasteiger partial charge in [0.05, 0.1) is 13.2 Å². The van der Waals surface area contributed by atoms with Crippen molar-refractivity contribution >= 4 is 56.4 Å². The van der Waals surface area contributed by atoms with Crippen LogP contribution in [0.5, 0.6) is 5.75 Å². The van der Waals surface area contributed by atoms with Crippen LogP contribution < -0.4 is 4.74 Å². The molecule has 0 aliphatic heterocycles. The molecule has 0 spiro atoms. The van der Waals surface area contributed by atoms with Gasteiger partial charge in [0.15, 0.2) is 8.32 Å². The molecule has 0 saturated heterocycles. The van der Waals surface area contributed by atoms with Crippen LogP contribution in [-0.2, 0) is 25.3 Å². The number of benzene rings is 2. The summed E-state index contributed by atoms with van der Waals surface area (Å²) in [5.74, 6) is 0.958. The van der Waals surface area contributed by atoms with Gasteiger partial charge in [-0.25, -0.2) is 0 Å². The molecule has 170 valence electrons. The first-order chi connectivity index (χ1) is 15.4.